The van der Waals surface area contributed by atoms with Gasteiger partial charge in [-0.3, -0.25) is 0 Å². The highest BCUT2D eigenvalue weighted by atomic mass is 16.5. The van der Waals surface area contributed by atoms with Gasteiger partial charge in [-0.15, -0.1) is 0 Å². The third kappa shape index (κ3) is 3.24. The molecule has 1 aliphatic rings. The van der Waals surface area contributed by atoms with E-state index in [0.717, 1.165) is 38.7 Å². The lowest BCUT2D eigenvalue weighted by Gasteiger charge is -2.30. The first kappa shape index (κ1) is 15.5. The SMILES string of the molecule is CCc1cc(CC)c(C(O)C2CCCOC2)c(CC)c1. The van der Waals surface area contributed by atoms with Crippen molar-refractivity contribution in [3.63, 3.8) is 0 Å². The Balaban J connectivity index is 2.36. The van der Waals surface area contributed by atoms with Gasteiger partial charge in [0.15, 0.2) is 0 Å². The first-order valence-corrected chi connectivity index (χ1v) is 8.11. The molecule has 20 heavy (non-hydrogen) atoms. The molecule has 0 spiro atoms. The van der Waals surface area contributed by atoms with E-state index in [-0.39, 0.29) is 12.0 Å². The van der Waals surface area contributed by atoms with Gasteiger partial charge < -0.3 is 9.84 Å². The zero-order chi connectivity index (χ0) is 14.5. The fourth-order valence-corrected chi connectivity index (χ4v) is 3.27. The number of benzene rings is 1. The van der Waals surface area contributed by atoms with Gasteiger partial charge in [-0.05, 0) is 54.4 Å². The summed E-state index contributed by atoms with van der Waals surface area (Å²) in [5.74, 6) is 0.256. The number of aliphatic hydroxyl groups excluding tert-OH is 1. The van der Waals surface area contributed by atoms with E-state index in [1.165, 1.54) is 22.3 Å². The molecule has 1 aromatic carbocycles. The number of ether oxygens (including phenoxy) is 1. The van der Waals surface area contributed by atoms with Crippen molar-refractivity contribution in [3.05, 3.63) is 34.4 Å². The summed E-state index contributed by atoms with van der Waals surface area (Å²) in [4.78, 5) is 0. The average Bonchev–Trinajstić information content (AvgIpc) is 2.53. The molecule has 1 aliphatic heterocycles. The molecule has 1 N–H and O–H groups in total. The smallest absolute Gasteiger partial charge is 0.0845 e. The molecule has 0 bridgehead atoms. The Morgan fingerprint density at radius 2 is 1.80 bits per heavy atom. The molecule has 2 atom stereocenters. The largest absolute Gasteiger partial charge is 0.388 e. The highest BCUT2D eigenvalue weighted by molar-refractivity contribution is 5.41. The van der Waals surface area contributed by atoms with Crippen LogP contribution in [0.25, 0.3) is 0 Å². The van der Waals surface area contributed by atoms with Crippen LogP contribution < -0.4 is 0 Å². The molecular weight excluding hydrogens is 248 g/mol. The Kier molecular flexibility index (Phi) is 5.62. The molecule has 0 aromatic heterocycles. The van der Waals surface area contributed by atoms with E-state index in [4.69, 9.17) is 4.74 Å². The molecule has 0 saturated carbocycles. The second kappa shape index (κ2) is 7.24. The molecule has 112 valence electrons. The van der Waals surface area contributed by atoms with Crippen molar-refractivity contribution in [1.29, 1.82) is 0 Å². The van der Waals surface area contributed by atoms with E-state index in [9.17, 15) is 5.11 Å². The first-order valence-electron chi connectivity index (χ1n) is 8.11. The molecule has 2 nitrogen and oxygen atoms in total. The summed E-state index contributed by atoms with van der Waals surface area (Å²) in [5, 5.41) is 10.9. The summed E-state index contributed by atoms with van der Waals surface area (Å²) in [7, 11) is 0. The van der Waals surface area contributed by atoms with Gasteiger partial charge in [0.25, 0.3) is 0 Å². The molecule has 1 fully saturated rings. The standard InChI is InChI=1S/C18H28O2/c1-4-13-10-14(5-2)17(15(6-3)11-13)18(19)16-8-7-9-20-12-16/h10-11,16,18-19H,4-9,12H2,1-3H3. The van der Waals surface area contributed by atoms with Crippen LogP contribution >= 0.6 is 0 Å². The van der Waals surface area contributed by atoms with E-state index in [2.05, 4.69) is 32.9 Å². The lowest BCUT2D eigenvalue weighted by Crippen LogP contribution is -2.25. The maximum Gasteiger partial charge on any atom is 0.0845 e. The summed E-state index contributed by atoms with van der Waals surface area (Å²) in [6.45, 7) is 8.10. The van der Waals surface area contributed by atoms with Crippen LogP contribution in [0, 0.1) is 5.92 Å². The van der Waals surface area contributed by atoms with Gasteiger partial charge >= 0.3 is 0 Å². The summed E-state index contributed by atoms with van der Waals surface area (Å²) in [5.41, 5.74) is 5.20. The van der Waals surface area contributed by atoms with Crippen LogP contribution in [0.2, 0.25) is 0 Å². The number of aliphatic hydroxyl groups is 1. The van der Waals surface area contributed by atoms with Crippen LogP contribution in [0.1, 0.15) is 62.0 Å². The van der Waals surface area contributed by atoms with Crippen LogP contribution in [-0.2, 0) is 24.0 Å². The average molecular weight is 276 g/mol. The highest BCUT2D eigenvalue weighted by Crippen LogP contribution is 2.34. The third-order valence-corrected chi connectivity index (χ3v) is 4.52. The minimum Gasteiger partial charge on any atom is -0.388 e. The van der Waals surface area contributed by atoms with Crippen molar-refractivity contribution >= 4 is 0 Å². The molecule has 0 amide bonds. The predicted molar refractivity (Wildman–Crippen MR) is 83.1 cm³/mol. The van der Waals surface area contributed by atoms with E-state index >= 15 is 0 Å². The molecule has 1 saturated heterocycles. The van der Waals surface area contributed by atoms with Gasteiger partial charge in [0, 0.05) is 12.5 Å². The normalized spacial score (nSPS) is 20.9. The van der Waals surface area contributed by atoms with Crippen LogP contribution in [0.3, 0.4) is 0 Å². The quantitative estimate of drug-likeness (QED) is 0.885. The van der Waals surface area contributed by atoms with Crippen molar-refractivity contribution in [2.24, 2.45) is 5.92 Å². The van der Waals surface area contributed by atoms with Crippen molar-refractivity contribution in [1.82, 2.24) is 0 Å². The fraction of sp³-hybridized carbons (Fsp3) is 0.667. The monoisotopic (exact) mass is 276 g/mol. The molecule has 2 heteroatoms. The number of rotatable bonds is 5. The maximum absolute atomic E-state index is 10.9. The molecule has 2 rings (SSSR count). The molecule has 1 aromatic rings. The van der Waals surface area contributed by atoms with E-state index in [1.54, 1.807) is 0 Å². The maximum atomic E-state index is 10.9. The van der Waals surface area contributed by atoms with E-state index in [1.807, 2.05) is 0 Å². The van der Waals surface area contributed by atoms with Crippen LogP contribution in [0.15, 0.2) is 12.1 Å². The first-order chi connectivity index (χ1) is 9.71. The Morgan fingerprint density at radius 1 is 1.15 bits per heavy atom. The van der Waals surface area contributed by atoms with Crippen molar-refractivity contribution < 1.29 is 9.84 Å². The molecule has 2 unspecified atom stereocenters. The van der Waals surface area contributed by atoms with Crippen molar-refractivity contribution in [2.75, 3.05) is 13.2 Å². The second-order valence-electron chi connectivity index (χ2n) is 5.81. The Labute approximate surface area is 123 Å². The summed E-state index contributed by atoms with van der Waals surface area (Å²) in [6, 6.07) is 4.56. The summed E-state index contributed by atoms with van der Waals surface area (Å²) < 4.78 is 5.56. The second-order valence-corrected chi connectivity index (χ2v) is 5.81. The minimum atomic E-state index is -0.369. The lowest BCUT2D eigenvalue weighted by molar-refractivity contribution is -0.0105. The Morgan fingerprint density at radius 3 is 2.25 bits per heavy atom. The van der Waals surface area contributed by atoms with Gasteiger partial charge in [0.2, 0.25) is 0 Å². The van der Waals surface area contributed by atoms with Crippen LogP contribution in [-0.4, -0.2) is 18.3 Å². The lowest BCUT2D eigenvalue weighted by atomic mass is 9.83. The summed E-state index contributed by atoms with van der Waals surface area (Å²) >= 11 is 0. The number of hydrogen-bond acceptors (Lipinski definition) is 2. The van der Waals surface area contributed by atoms with Gasteiger partial charge in [0.1, 0.15) is 0 Å². The highest BCUT2D eigenvalue weighted by Gasteiger charge is 2.27. The Hall–Kier alpha value is -0.860. The topological polar surface area (TPSA) is 29.5 Å². The van der Waals surface area contributed by atoms with Gasteiger partial charge in [-0.1, -0.05) is 32.9 Å². The molecule has 0 aliphatic carbocycles. The van der Waals surface area contributed by atoms with Crippen molar-refractivity contribution in [3.8, 4) is 0 Å². The minimum absolute atomic E-state index is 0.256. The zero-order valence-corrected chi connectivity index (χ0v) is 13.1. The number of hydrogen-bond donors (Lipinski definition) is 1. The molecular formula is C18H28O2. The molecule has 1 heterocycles. The van der Waals surface area contributed by atoms with Crippen LogP contribution in [0.4, 0.5) is 0 Å². The zero-order valence-electron chi connectivity index (χ0n) is 13.1. The fourth-order valence-electron chi connectivity index (χ4n) is 3.27. The van der Waals surface area contributed by atoms with Crippen molar-refractivity contribution in [2.45, 2.75) is 59.0 Å². The third-order valence-electron chi connectivity index (χ3n) is 4.52. The van der Waals surface area contributed by atoms with Crippen LogP contribution in [0.5, 0.6) is 0 Å². The van der Waals surface area contributed by atoms with Gasteiger partial charge in [-0.2, -0.15) is 0 Å². The van der Waals surface area contributed by atoms with E-state index in [0.29, 0.717) is 6.61 Å². The predicted octanol–water partition coefficient (Wildman–Crippen LogP) is 3.83. The Bertz CT molecular complexity index is 408. The molecule has 0 radical (unpaired) electrons. The van der Waals surface area contributed by atoms with Gasteiger partial charge in [0.05, 0.1) is 12.7 Å². The van der Waals surface area contributed by atoms with Gasteiger partial charge in [-0.25, -0.2) is 0 Å². The summed E-state index contributed by atoms with van der Waals surface area (Å²) in [6.07, 6.45) is 4.80. The van der Waals surface area contributed by atoms with E-state index < -0.39 is 0 Å². The number of aryl methyl sites for hydroxylation is 3.